The molecule has 2 rings (SSSR count). The van der Waals surface area contributed by atoms with Crippen molar-refractivity contribution in [3.05, 3.63) is 28.9 Å². The second-order valence-electron chi connectivity index (χ2n) is 3.26. The second-order valence-corrected chi connectivity index (χ2v) is 4.07. The van der Waals surface area contributed by atoms with Crippen molar-refractivity contribution in [1.82, 2.24) is 14.4 Å². The number of rotatable bonds is 3. The summed E-state index contributed by atoms with van der Waals surface area (Å²) >= 11 is 3.28. The van der Waals surface area contributed by atoms with Crippen LogP contribution in [-0.4, -0.2) is 26.1 Å². The lowest BCUT2D eigenvalue weighted by Gasteiger charge is -2.04. The molecule has 5 nitrogen and oxygen atoms in total. The fourth-order valence-electron chi connectivity index (χ4n) is 1.36. The lowest BCUT2D eigenvalue weighted by atomic mass is 10.2. The summed E-state index contributed by atoms with van der Waals surface area (Å²) < 4.78 is 2.60. The standard InChI is InChI=1S/C9H11BrN4O/c10-8-5-14-4-7(6(11)1-2-15)13-9(14)3-12-8/h3-6,15H,1-2,11H2. The third-order valence-electron chi connectivity index (χ3n) is 2.15. The third-order valence-corrected chi connectivity index (χ3v) is 2.56. The Morgan fingerprint density at radius 3 is 3.07 bits per heavy atom. The van der Waals surface area contributed by atoms with Crippen molar-refractivity contribution in [3.8, 4) is 0 Å². The minimum absolute atomic E-state index is 0.0665. The van der Waals surface area contributed by atoms with Gasteiger partial charge in [0.25, 0.3) is 0 Å². The average Bonchev–Trinajstić information content (AvgIpc) is 2.60. The maximum absolute atomic E-state index is 8.78. The molecule has 2 aromatic heterocycles. The predicted molar refractivity (Wildman–Crippen MR) is 59.3 cm³/mol. The average molecular weight is 271 g/mol. The van der Waals surface area contributed by atoms with E-state index in [9.17, 15) is 0 Å². The highest BCUT2D eigenvalue weighted by Gasteiger charge is 2.10. The smallest absolute Gasteiger partial charge is 0.155 e. The largest absolute Gasteiger partial charge is 0.396 e. The Kier molecular flexibility index (Phi) is 2.99. The number of fused-ring (bicyclic) bond motifs is 1. The molecular weight excluding hydrogens is 260 g/mol. The van der Waals surface area contributed by atoms with Crippen molar-refractivity contribution in [2.45, 2.75) is 12.5 Å². The van der Waals surface area contributed by atoms with Gasteiger partial charge < -0.3 is 15.2 Å². The van der Waals surface area contributed by atoms with Crippen LogP contribution in [0.15, 0.2) is 23.2 Å². The minimum Gasteiger partial charge on any atom is -0.396 e. The molecule has 2 heterocycles. The summed E-state index contributed by atoms with van der Waals surface area (Å²) in [7, 11) is 0. The fourth-order valence-corrected chi connectivity index (χ4v) is 1.68. The number of nitrogens with two attached hydrogens (primary N) is 1. The van der Waals surface area contributed by atoms with E-state index in [0.717, 1.165) is 15.9 Å². The van der Waals surface area contributed by atoms with Gasteiger partial charge in [-0.2, -0.15) is 0 Å². The van der Waals surface area contributed by atoms with E-state index in [2.05, 4.69) is 25.9 Å². The maximum Gasteiger partial charge on any atom is 0.155 e. The van der Waals surface area contributed by atoms with Gasteiger partial charge in [0, 0.05) is 19.0 Å². The molecule has 6 heteroatoms. The molecule has 0 aliphatic rings. The fraction of sp³-hybridized carbons (Fsp3) is 0.333. The number of aliphatic hydroxyl groups is 1. The van der Waals surface area contributed by atoms with Crippen LogP contribution >= 0.6 is 15.9 Å². The molecule has 0 spiro atoms. The van der Waals surface area contributed by atoms with Gasteiger partial charge in [0.1, 0.15) is 4.60 Å². The molecular formula is C9H11BrN4O. The summed E-state index contributed by atoms with van der Waals surface area (Å²) in [6, 6.07) is -0.228. The van der Waals surface area contributed by atoms with Gasteiger partial charge in [-0.1, -0.05) is 0 Å². The third kappa shape index (κ3) is 2.17. The first-order valence-corrected chi connectivity index (χ1v) is 5.36. The van der Waals surface area contributed by atoms with Crippen LogP contribution in [0.5, 0.6) is 0 Å². The summed E-state index contributed by atoms with van der Waals surface area (Å²) in [5.41, 5.74) is 7.36. The zero-order valence-corrected chi connectivity index (χ0v) is 9.55. The number of imidazole rings is 1. The highest BCUT2D eigenvalue weighted by Crippen LogP contribution is 2.15. The van der Waals surface area contributed by atoms with E-state index < -0.39 is 0 Å². The van der Waals surface area contributed by atoms with E-state index in [4.69, 9.17) is 10.8 Å². The topological polar surface area (TPSA) is 76.4 Å². The second kappa shape index (κ2) is 4.26. The van der Waals surface area contributed by atoms with Gasteiger partial charge in [-0.15, -0.1) is 0 Å². The van der Waals surface area contributed by atoms with Crippen molar-refractivity contribution in [3.63, 3.8) is 0 Å². The van der Waals surface area contributed by atoms with E-state index in [1.807, 2.05) is 16.8 Å². The Hall–Kier alpha value is -0.980. The molecule has 0 aromatic carbocycles. The number of aliphatic hydroxyl groups excluding tert-OH is 1. The molecule has 2 aromatic rings. The summed E-state index contributed by atoms with van der Waals surface area (Å²) in [6.45, 7) is 0.0665. The SMILES string of the molecule is NC(CCO)c1cn2cc(Br)ncc2n1. The van der Waals surface area contributed by atoms with Gasteiger partial charge in [0.15, 0.2) is 5.65 Å². The van der Waals surface area contributed by atoms with Crippen molar-refractivity contribution >= 4 is 21.6 Å². The van der Waals surface area contributed by atoms with Gasteiger partial charge in [0.2, 0.25) is 0 Å². The quantitative estimate of drug-likeness (QED) is 0.868. The molecule has 0 saturated heterocycles. The van der Waals surface area contributed by atoms with E-state index in [0.29, 0.717) is 6.42 Å². The Labute approximate surface area is 95.1 Å². The molecule has 15 heavy (non-hydrogen) atoms. The van der Waals surface area contributed by atoms with Gasteiger partial charge >= 0.3 is 0 Å². The van der Waals surface area contributed by atoms with Gasteiger partial charge in [-0.3, -0.25) is 0 Å². The van der Waals surface area contributed by atoms with Gasteiger partial charge in [-0.25, -0.2) is 9.97 Å². The Morgan fingerprint density at radius 1 is 1.53 bits per heavy atom. The monoisotopic (exact) mass is 270 g/mol. The van der Waals surface area contributed by atoms with E-state index in [-0.39, 0.29) is 12.6 Å². The molecule has 0 saturated carbocycles. The molecule has 0 amide bonds. The van der Waals surface area contributed by atoms with Crippen molar-refractivity contribution in [2.75, 3.05) is 6.61 Å². The van der Waals surface area contributed by atoms with Gasteiger partial charge in [0.05, 0.1) is 17.9 Å². The number of aromatic nitrogens is 3. The van der Waals surface area contributed by atoms with Crippen LogP contribution in [-0.2, 0) is 0 Å². The normalized spacial score (nSPS) is 13.3. The van der Waals surface area contributed by atoms with E-state index in [1.165, 1.54) is 0 Å². The molecule has 0 fully saturated rings. The summed E-state index contributed by atoms with van der Waals surface area (Å²) in [5.74, 6) is 0. The molecule has 1 unspecified atom stereocenters. The molecule has 3 N–H and O–H groups in total. The first-order chi connectivity index (χ1) is 7.20. The van der Waals surface area contributed by atoms with Crippen LogP contribution in [0.3, 0.4) is 0 Å². The Balaban J connectivity index is 2.38. The molecule has 0 radical (unpaired) electrons. The van der Waals surface area contributed by atoms with Crippen LogP contribution in [0.25, 0.3) is 5.65 Å². The molecule has 0 bridgehead atoms. The van der Waals surface area contributed by atoms with Crippen LogP contribution in [0.1, 0.15) is 18.2 Å². The van der Waals surface area contributed by atoms with Crippen molar-refractivity contribution < 1.29 is 5.11 Å². The number of nitrogens with zero attached hydrogens (tertiary/aromatic N) is 3. The highest BCUT2D eigenvalue weighted by molar-refractivity contribution is 9.10. The summed E-state index contributed by atoms with van der Waals surface area (Å²) in [5, 5.41) is 8.78. The maximum atomic E-state index is 8.78. The lowest BCUT2D eigenvalue weighted by molar-refractivity contribution is 0.276. The van der Waals surface area contributed by atoms with Crippen LogP contribution in [0.4, 0.5) is 0 Å². The van der Waals surface area contributed by atoms with Crippen LogP contribution < -0.4 is 5.73 Å². The Bertz CT molecular complexity index is 470. The van der Waals surface area contributed by atoms with E-state index in [1.54, 1.807) is 6.20 Å². The zero-order chi connectivity index (χ0) is 10.8. The van der Waals surface area contributed by atoms with Crippen molar-refractivity contribution in [1.29, 1.82) is 0 Å². The molecule has 80 valence electrons. The van der Waals surface area contributed by atoms with Gasteiger partial charge in [-0.05, 0) is 22.4 Å². The highest BCUT2D eigenvalue weighted by atomic mass is 79.9. The van der Waals surface area contributed by atoms with E-state index >= 15 is 0 Å². The Morgan fingerprint density at radius 2 is 2.33 bits per heavy atom. The first kappa shape index (κ1) is 10.5. The van der Waals surface area contributed by atoms with Crippen LogP contribution in [0, 0.1) is 0 Å². The predicted octanol–water partition coefficient (Wildman–Crippen LogP) is 0.874. The minimum atomic E-state index is -0.228. The summed E-state index contributed by atoms with van der Waals surface area (Å²) in [4.78, 5) is 8.38. The molecule has 0 aliphatic carbocycles. The number of hydrogen-bond donors (Lipinski definition) is 2. The number of halogens is 1. The number of hydrogen-bond acceptors (Lipinski definition) is 4. The van der Waals surface area contributed by atoms with Crippen LogP contribution in [0.2, 0.25) is 0 Å². The zero-order valence-electron chi connectivity index (χ0n) is 7.97. The molecule has 0 aliphatic heterocycles. The first-order valence-electron chi connectivity index (χ1n) is 4.57. The van der Waals surface area contributed by atoms with Crippen molar-refractivity contribution in [2.24, 2.45) is 5.73 Å². The summed E-state index contributed by atoms with van der Waals surface area (Å²) in [6.07, 6.45) is 5.84. The molecule has 1 atom stereocenters. The lowest BCUT2D eigenvalue weighted by Crippen LogP contribution is -2.12.